The molecule has 0 atom stereocenters. The van der Waals surface area contributed by atoms with Gasteiger partial charge in [0, 0.05) is 32.9 Å². The number of hydrogen-bond acceptors (Lipinski definition) is 0. The maximum Gasteiger partial charge on any atom is 4.00 e. The Kier molecular flexibility index (Phi) is 11.4. The zero-order valence-electron chi connectivity index (χ0n) is 37.2. The van der Waals surface area contributed by atoms with Crippen LogP contribution in [0, 0.1) is 42.0 Å². The quantitative estimate of drug-likeness (QED) is 0.153. The van der Waals surface area contributed by atoms with E-state index in [1.54, 1.807) is 0 Å². The molecule has 3 heteroatoms. The van der Waals surface area contributed by atoms with Gasteiger partial charge in [-0.15, -0.1) is 85.8 Å². The summed E-state index contributed by atoms with van der Waals surface area (Å²) in [5.74, 6) is 0. The number of aryl methyl sites for hydroxylation is 3. The zero-order chi connectivity index (χ0) is 42.1. The number of fused-ring (bicyclic) bond motifs is 11. The zero-order valence-corrected chi connectivity index (χ0v) is 39.7. The van der Waals surface area contributed by atoms with Gasteiger partial charge in [0.05, 0.1) is 22.1 Å². The van der Waals surface area contributed by atoms with Crippen LogP contribution in [0.1, 0.15) is 38.9 Å². The van der Waals surface area contributed by atoms with Gasteiger partial charge in [-0.2, -0.15) is 24.6 Å². The van der Waals surface area contributed by atoms with E-state index in [0.29, 0.717) is 0 Å². The number of rotatable bonds is 2. The molecule has 64 heavy (non-hydrogen) atoms. The van der Waals surface area contributed by atoms with E-state index in [1.807, 2.05) is 0 Å². The fourth-order valence-electron chi connectivity index (χ4n) is 10.1. The first-order valence-corrected chi connectivity index (χ1v) is 21.7. The molecule has 13 rings (SSSR count). The molecule has 1 aliphatic rings. The van der Waals surface area contributed by atoms with Crippen molar-refractivity contribution in [2.24, 2.45) is 0 Å². The Labute approximate surface area is 395 Å². The third-order valence-electron chi connectivity index (χ3n) is 13.2. The molecule has 0 radical (unpaired) electrons. The molecule has 1 aliphatic carbocycles. The van der Waals surface area contributed by atoms with Gasteiger partial charge in [-0.3, -0.25) is 0 Å². The fraction of sp³-hybridized carbons (Fsp3) is 0.0820. The SMILES string of the molecule is Cc1cc2c(-n3c4ccccc4c4ccccc43)cccc2[cH-]1.Cc1cc2c(-n3c4ccccc4c4ccccc43)cccc2[cH-]1.[CH2-]c1c(C)c(C)cc2c1Cc1ccccc1-2.[CH3-].[Zr+4]. The number of hydrogen-bond donors (Lipinski definition) is 0. The molecule has 2 nitrogen and oxygen atoms in total. The second kappa shape index (κ2) is 17.1. The van der Waals surface area contributed by atoms with Crippen LogP contribution >= 0.6 is 0 Å². The first kappa shape index (κ1) is 42.6. The Hall–Kier alpha value is -6.67. The van der Waals surface area contributed by atoms with Crippen molar-refractivity contribution in [3.8, 4) is 22.5 Å². The molecule has 12 aromatic rings. The predicted octanol–water partition coefficient (Wildman–Crippen LogP) is 16.4. The monoisotopic (exact) mass is 900 g/mol. The largest absolute Gasteiger partial charge is 4.00 e. The van der Waals surface area contributed by atoms with Gasteiger partial charge in [0.25, 0.3) is 0 Å². The van der Waals surface area contributed by atoms with Gasteiger partial charge >= 0.3 is 26.2 Å². The Balaban J connectivity index is 0.000000122. The minimum Gasteiger partial charge on any atom is -0.358 e. The van der Waals surface area contributed by atoms with Gasteiger partial charge in [-0.25, -0.2) is 0 Å². The summed E-state index contributed by atoms with van der Waals surface area (Å²) in [5, 5.41) is 10.5. The maximum absolute atomic E-state index is 4.24. The molecular formula is C61H50N2Zr. The van der Waals surface area contributed by atoms with Crippen LogP contribution in [0.25, 0.3) is 87.7 Å². The molecule has 0 saturated heterocycles. The topological polar surface area (TPSA) is 9.86 Å². The van der Waals surface area contributed by atoms with Crippen LogP contribution in [0.4, 0.5) is 0 Å². The van der Waals surface area contributed by atoms with Crippen molar-refractivity contribution >= 4 is 65.2 Å². The van der Waals surface area contributed by atoms with Crippen molar-refractivity contribution < 1.29 is 26.2 Å². The van der Waals surface area contributed by atoms with Gasteiger partial charge in [0.15, 0.2) is 0 Å². The minimum absolute atomic E-state index is 0. The third-order valence-corrected chi connectivity index (χ3v) is 13.2. The summed E-state index contributed by atoms with van der Waals surface area (Å²) in [6.45, 7) is 12.9. The van der Waals surface area contributed by atoms with Crippen molar-refractivity contribution in [1.82, 2.24) is 9.13 Å². The average molecular weight is 902 g/mol. The molecule has 2 heterocycles. The number of benzene rings is 8. The average Bonchev–Trinajstić information content (AvgIpc) is 4.12. The summed E-state index contributed by atoms with van der Waals surface area (Å²) in [4.78, 5) is 0. The van der Waals surface area contributed by atoms with Gasteiger partial charge in [-0.05, 0) is 41.8 Å². The van der Waals surface area contributed by atoms with E-state index in [0.717, 1.165) is 6.42 Å². The Bertz CT molecular complexity index is 3380. The molecule has 0 fully saturated rings. The van der Waals surface area contributed by atoms with Crippen LogP contribution in [0.3, 0.4) is 0 Å². The first-order valence-electron chi connectivity index (χ1n) is 21.7. The summed E-state index contributed by atoms with van der Waals surface area (Å²) in [5.41, 5.74) is 19.8. The van der Waals surface area contributed by atoms with Crippen molar-refractivity contribution in [2.45, 2.75) is 34.1 Å². The molecule has 0 aliphatic heterocycles. The summed E-state index contributed by atoms with van der Waals surface area (Å²) < 4.78 is 4.79. The van der Waals surface area contributed by atoms with Gasteiger partial charge in [0.2, 0.25) is 0 Å². The van der Waals surface area contributed by atoms with Gasteiger partial charge < -0.3 is 16.6 Å². The van der Waals surface area contributed by atoms with E-state index >= 15 is 0 Å². The van der Waals surface area contributed by atoms with E-state index in [1.165, 1.54) is 127 Å². The van der Waals surface area contributed by atoms with E-state index in [9.17, 15) is 0 Å². The molecule has 0 amide bonds. The number of nitrogens with zero attached hydrogens (tertiary/aromatic N) is 2. The van der Waals surface area contributed by atoms with Crippen molar-refractivity contribution in [3.05, 3.63) is 241 Å². The Morgan fingerprint density at radius 1 is 0.438 bits per heavy atom. The van der Waals surface area contributed by atoms with E-state index in [4.69, 9.17) is 0 Å². The van der Waals surface area contributed by atoms with Crippen LogP contribution < -0.4 is 0 Å². The van der Waals surface area contributed by atoms with E-state index in [-0.39, 0.29) is 33.6 Å². The van der Waals surface area contributed by atoms with Crippen molar-refractivity contribution in [2.75, 3.05) is 0 Å². The van der Waals surface area contributed by atoms with Crippen LogP contribution in [0.15, 0.2) is 188 Å². The molecule has 10 aromatic carbocycles. The predicted molar refractivity (Wildman–Crippen MR) is 272 cm³/mol. The van der Waals surface area contributed by atoms with Crippen LogP contribution in [-0.4, -0.2) is 9.13 Å². The third kappa shape index (κ3) is 7.04. The van der Waals surface area contributed by atoms with E-state index < -0.39 is 0 Å². The summed E-state index contributed by atoms with van der Waals surface area (Å²) in [6.07, 6.45) is 1.05. The van der Waals surface area contributed by atoms with Crippen LogP contribution in [-0.2, 0) is 32.6 Å². The Morgan fingerprint density at radius 3 is 1.30 bits per heavy atom. The molecule has 0 unspecified atom stereocenters. The number of aromatic nitrogens is 2. The normalized spacial score (nSPS) is 11.5. The summed E-state index contributed by atoms with van der Waals surface area (Å²) in [7, 11) is 0. The second-order valence-electron chi connectivity index (χ2n) is 17.0. The summed E-state index contributed by atoms with van der Waals surface area (Å²) >= 11 is 0. The molecule has 0 bridgehead atoms. The van der Waals surface area contributed by atoms with Gasteiger partial charge in [-0.1, -0.05) is 149 Å². The fourth-order valence-corrected chi connectivity index (χ4v) is 10.1. The first-order chi connectivity index (χ1) is 30.3. The van der Waals surface area contributed by atoms with Crippen molar-refractivity contribution in [3.63, 3.8) is 0 Å². The standard InChI is InChI=1S/2C22H16N.C16H15.CH3.Zr/c2*1-15-13-16-7-6-12-22(19(16)14-15)23-20-10-4-2-8-17(20)18-9-3-5-11-21(18)23;1-10-8-16-14-7-5-4-6-13(14)9-15(16)12(3)11(10)2;;/h2*2-14H,1H3;4-8H,3,9H2,1-2H3;1H3;/q4*-1;+4. The second-order valence-corrected chi connectivity index (χ2v) is 17.0. The van der Waals surface area contributed by atoms with E-state index in [2.05, 4.69) is 232 Å². The Morgan fingerprint density at radius 2 is 0.844 bits per heavy atom. The molecule has 2 aromatic heterocycles. The molecule has 0 N–H and O–H groups in total. The molecule has 0 spiro atoms. The molecule has 0 saturated carbocycles. The minimum atomic E-state index is 0. The smallest absolute Gasteiger partial charge is 0.358 e. The number of para-hydroxylation sites is 4. The summed E-state index contributed by atoms with van der Waals surface area (Å²) in [6, 6.07) is 67.9. The molecule has 308 valence electrons. The van der Waals surface area contributed by atoms with Crippen LogP contribution in [0.2, 0.25) is 0 Å². The van der Waals surface area contributed by atoms with Crippen LogP contribution in [0.5, 0.6) is 0 Å². The molecular weight excluding hydrogens is 852 g/mol. The van der Waals surface area contributed by atoms with Crippen molar-refractivity contribution in [1.29, 1.82) is 0 Å². The van der Waals surface area contributed by atoms with Gasteiger partial charge in [0.1, 0.15) is 0 Å². The maximum atomic E-state index is 4.24.